The average Bonchev–Trinajstić information content (AvgIpc) is 2.35. The first-order chi connectivity index (χ1) is 9.10. The van der Waals surface area contributed by atoms with Crippen LogP contribution in [0.5, 0.6) is 0 Å². The fourth-order valence-electron chi connectivity index (χ4n) is 3.90. The summed E-state index contributed by atoms with van der Waals surface area (Å²) in [4.78, 5) is 0. The minimum absolute atomic E-state index is 0.240. The monoisotopic (exact) mass is 259 g/mol. The normalized spacial score (nSPS) is 19.5. The maximum atomic E-state index is 13.4. The smallest absolute Gasteiger partial charge is 0.123 e. The Morgan fingerprint density at radius 3 is 2.32 bits per heavy atom. The van der Waals surface area contributed by atoms with Gasteiger partial charge in [-0.05, 0) is 48.8 Å². The number of rotatable bonds is 5. The molecule has 0 radical (unpaired) electrons. The Bertz CT molecular complexity index is 472. The van der Waals surface area contributed by atoms with E-state index in [4.69, 9.17) is 0 Å². The van der Waals surface area contributed by atoms with Crippen molar-refractivity contribution in [3.63, 3.8) is 0 Å². The van der Waals surface area contributed by atoms with Gasteiger partial charge < -0.3 is 0 Å². The van der Waals surface area contributed by atoms with Crippen molar-refractivity contribution in [2.45, 2.75) is 57.8 Å². The van der Waals surface area contributed by atoms with E-state index in [2.05, 4.69) is 19.9 Å². The van der Waals surface area contributed by atoms with E-state index in [9.17, 15) is 9.65 Å². The highest BCUT2D eigenvalue weighted by Gasteiger charge is 2.54. The van der Waals surface area contributed by atoms with Gasteiger partial charge in [-0.25, -0.2) is 4.39 Å². The van der Waals surface area contributed by atoms with Gasteiger partial charge in [0, 0.05) is 0 Å². The molecule has 0 amide bonds. The molecule has 2 heteroatoms. The number of benzene rings is 1. The van der Waals surface area contributed by atoms with E-state index in [1.165, 1.54) is 25.0 Å². The van der Waals surface area contributed by atoms with Gasteiger partial charge in [0.05, 0.1) is 11.5 Å². The van der Waals surface area contributed by atoms with Crippen LogP contribution in [0.3, 0.4) is 0 Å². The van der Waals surface area contributed by atoms with Crippen LogP contribution in [0, 0.1) is 22.6 Å². The first-order valence-corrected chi connectivity index (χ1v) is 7.27. The predicted octanol–water partition coefficient (Wildman–Crippen LogP) is 4.97. The van der Waals surface area contributed by atoms with Gasteiger partial charge in [0.1, 0.15) is 5.82 Å². The zero-order chi connectivity index (χ0) is 13.9. The van der Waals surface area contributed by atoms with Gasteiger partial charge in [0.25, 0.3) is 0 Å². The SMILES string of the molecule is CCCC1(CCC)CC(C#N)(c2cccc(F)c2)C1. The van der Waals surface area contributed by atoms with Crippen molar-refractivity contribution in [2.75, 3.05) is 0 Å². The van der Waals surface area contributed by atoms with Crippen molar-refractivity contribution in [1.82, 2.24) is 0 Å². The molecule has 19 heavy (non-hydrogen) atoms. The zero-order valence-electron chi connectivity index (χ0n) is 11.9. The summed E-state index contributed by atoms with van der Waals surface area (Å²) in [6.45, 7) is 4.40. The summed E-state index contributed by atoms with van der Waals surface area (Å²) in [7, 11) is 0. The van der Waals surface area contributed by atoms with Crippen LogP contribution in [0.1, 0.15) is 57.9 Å². The Morgan fingerprint density at radius 1 is 1.21 bits per heavy atom. The highest BCUT2D eigenvalue weighted by Crippen LogP contribution is 2.59. The van der Waals surface area contributed by atoms with Crippen molar-refractivity contribution >= 4 is 0 Å². The largest absolute Gasteiger partial charge is 0.207 e. The summed E-state index contributed by atoms with van der Waals surface area (Å²) in [5.74, 6) is -0.240. The standard InChI is InChI=1S/C17H22FN/c1-3-8-16(9-4-2)11-17(12-16,13-19)14-6-5-7-15(18)10-14/h5-7,10H,3-4,8-9,11-12H2,1-2H3. The van der Waals surface area contributed by atoms with Gasteiger partial charge in [0.15, 0.2) is 0 Å². The Kier molecular flexibility index (Phi) is 3.94. The molecule has 0 heterocycles. The number of nitriles is 1. The lowest BCUT2D eigenvalue weighted by Crippen LogP contribution is -2.48. The average molecular weight is 259 g/mol. The lowest BCUT2D eigenvalue weighted by atomic mass is 9.48. The fourth-order valence-corrected chi connectivity index (χ4v) is 3.90. The second-order valence-electron chi connectivity index (χ2n) is 6.06. The number of halogens is 1. The highest BCUT2D eigenvalue weighted by atomic mass is 19.1. The van der Waals surface area contributed by atoms with E-state index < -0.39 is 5.41 Å². The molecule has 102 valence electrons. The Labute approximate surface area is 115 Å². The third-order valence-electron chi connectivity index (χ3n) is 4.51. The van der Waals surface area contributed by atoms with E-state index in [0.717, 1.165) is 31.2 Å². The third-order valence-corrected chi connectivity index (χ3v) is 4.51. The quantitative estimate of drug-likeness (QED) is 0.732. The molecule has 1 fully saturated rings. The van der Waals surface area contributed by atoms with Crippen molar-refractivity contribution in [3.8, 4) is 6.07 Å². The molecule has 0 saturated heterocycles. The summed E-state index contributed by atoms with van der Waals surface area (Å²) in [5, 5.41) is 9.58. The van der Waals surface area contributed by atoms with Crippen LogP contribution < -0.4 is 0 Å². The molecule has 1 saturated carbocycles. The minimum Gasteiger partial charge on any atom is -0.207 e. The summed E-state index contributed by atoms with van der Waals surface area (Å²) < 4.78 is 13.4. The van der Waals surface area contributed by atoms with Gasteiger partial charge in [0.2, 0.25) is 0 Å². The molecule has 0 unspecified atom stereocenters. The van der Waals surface area contributed by atoms with E-state index in [1.54, 1.807) is 6.07 Å². The molecule has 0 N–H and O–H groups in total. The minimum atomic E-state index is -0.452. The summed E-state index contributed by atoms with van der Waals surface area (Å²) in [5.41, 5.74) is 0.718. The summed E-state index contributed by atoms with van der Waals surface area (Å²) in [6, 6.07) is 9.05. The van der Waals surface area contributed by atoms with E-state index >= 15 is 0 Å². The number of hydrogen-bond acceptors (Lipinski definition) is 1. The van der Waals surface area contributed by atoms with Gasteiger partial charge in [-0.15, -0.1) is 0 Å². The second-order valence-corrected chi connectivity index (χ2v) is 6.06. The maximum Gasteiger partial charge on any atom is 0.123 e. The van der Waals surface area contributed by atoms with Crippen LogP contribution in [0.4, 0.5) is 4.39 Å². The predicted molar refractivity (Wildman–Crippen MR) is 75.2 cm³/mol. The zero-order valence-corrected chi connectivity index (χ0v) is 11.9. The van der Waals surface area contributed by atoms with Gasteiger partial charge in [-0.3, -0.25) is 0 Å². The van der Waals surface area contributed by atoms with Crippen LogP contribution >= 0.6 is 0 Å². The lowest BCUT2D eigenvalue weighted by Gasteiger charge is -2.53. The van der Waals surface area contributed by atoms with Gasteiger partial charge in [-0.1, -0.05) is 38.8 Å². The van der Waals surface area contributed by atoms with E-state index in [-0.39, 0.29) is 5.82 Å². The number of nitrogens with zero attached hydrogens (tertiary/aromatic N) is 1. The first kappa shape index (κ1) is 14.1. The van der Waals surface area contributed by atoms with Crippen molar-refractivity contribution in [3.05, 3.63) is 35.6 Å². The molecule has 1 aromatic carbocycles. The highest BCUT2D eigenvalue weighted by molar-refractivity contribution is 5.38. The molecule has 0 spiro atoms. The molecular weight excluding hydrogens is 237 g/mol. The second kappa shape index (κ2) is 5.33. The van der Waals surface area contributed by atoms with Gasteiger partial charge in [-0.2, -0.15) is 5.26 Å². The molecule has 2 rings (SSSR count). The molecule has 1 aliphatic rings. The Hall–Kier alpha value is -1.36. The summed E-state index contributed by atoms with van der Waals surface area (Å²) >= 11 is 0. The van der Waals surface area contributed by atoms with Crippen LogP contribution in [0.25, 0.3) is 0 Å². The first-order valence-electron chi connectivity index (χ1n) is 7.27. The molecule has 1 aromatic rings. The maximum absolute atomic E-state index is 13.4. The summed E-state index contributed by atoms with van der Waals surface area (Å²) in [6.07, 6.45) is 6.46. The Morgan fingerprint density at radius 2 is 1.84 bits per heavy atom. The topological polar surface area (TPSA) is 23.8 Å². The van der Waals surface area contributed by atoms with E-state index in [0.29, 0.717) is 5.41 Å². The van der Waals surface area contributed by atoms with Crippen LogP contribution in [0.2, 0.25) is 0 Å². The molecule has 1 nitrogen and oxygen atoms in total. The molecule has 0 bridgehead atoms. The van der Waals surface area contributed by atoms with Crippen molar-refractivity contribution < 1.29 is 4.39 Å². The molecule has 0 atom stereocenters. The van der Waals surface area contributed by atoms with Crippen LogP contribution in [-0.4, -0.2) is 0 Å². The van der Waals surface area contributed by atoms with Crippen molar-refractivity contribution in [2.24, 2.45) is 5.41 Å². The third kappa shape index (κ3) is 2.52. The van der Waals surface area contributed by atoms with Gasteiger partial charge >= 0.3 is 0 Å². The molecule has 1 aliphatic carbocycles. The Balaban J connectivity index is 2.23. The lowest BCUT2D eigenvalue weighted by molar-refractivity contribution is 0.0356. The van der Waals surface area contributed by atoms with Crippen molar-refractivity contribution in [1.29, 1.82) is 5.26 Å². The molecule has 0 aromatic heterocycles. The van der Waals surface area contributed by atoms with E-state index in [1.807, 2.05) is 6.07 Å². The number of hydrogen-bond donors (Lipinski definition) is 0. The van der Waals surface area contributed by atoms with Crippen LogP contribution in [0.15, 0.2) is 24.3 Å². The molecular formula is C17H22FN. The fraction of sp³-hybridized carbons (Fsp3) is 0.588. The van der Waals surface area contributed by atoms with Crippen LogP contribution in [-0.2, 0) is 5.41 Å². The molecule has 0 aliphatic heterocycles.